The fourth-order valence-corrected chi connectivity index (χ4v) is 1.71. The van der Waals surface area contributed by atoms with E-state index in [1.165, 1.54) is 18.2 Å². The lowest BCUT2D eigenvalue weighted by molar-refractivity contribution is -0.122. The lowest BCUT2D eigenvalue weighted by Gasteiger charge is -2.14. The van der Waals surface area contributed by atoms with Gasteiger partial charge in [-0.2, -0.15) is 5.26 Å². The molecule has 0 aliphatic rings. The third-order valence-electron chi connectivity index (χ3n) is 2.74. The van der Waals surface area contributed by atoms with Gasteiger partial charge in [0.05, 0.1) is 11.6 Å². The van der Waals surface area contributed by atoms with Crippen molar-refractivity contribution >= 4 is 11.6 Å². The van der Waals surface area contributed by atoms with Crippen molar-refractivity contribution in [3.8, 4) is 11.8 Å². The number of anilines is 1. The molecular weight excluding hydrogens is 271 g/mol. The minimum atomic E-state index is -0.794. The number of amides is 1. The smallest absolute Gasteiger partial charge is 0.265 e. The third kappa shape index (κ3) is 4.05. The fourth-order valence-electron chi connectivity index (χ4n) is 1.71. The first-order valence-corrected chi connectivity index (χ1v) is 6.32. The average molecular weight is 284 g/mol. The van der Waals surface area contributed by atoms with Gasteiger partial charge in [0.2, 0.25) is 0 Å². The van der Waals surface area contributed by atoms with Crippen molar-refractivity contribution in [3.05, 3.63) is 59.9 Å². The molecule has 2 aromatic carbocycles. The summed E-state index contributed by atoms with van der Waals surface area (Å²) in [6.07, 6.45) is -0.794. The molecule has 0 heterocycles. The van der Waals surface area contributed by atoms with E-state index in [-0.39, 0.29) is 11.7 Å². The number of hydrogen-bond donors (Lipinski definition) is 1. The van der Waals surface area contributed by atoms with Gasteiger partial charge in [-0.15, -0.1) is 0 Å². The van der Waals surface area contributed by atoms with Crippen molar-refractivity contribution in [1.29, 1.82) is 5.26 Å². The summed E-state index contributed by atoms with van der Waals surface area (Å²) < 4.78 is 18.4. The van der Waals surface area contributed by atoms with Gasteiger partial charge in [0.1, 0.15) is 11.6 Å². The van der Waals surface area contributed by atoms with Crippen LogP contribution in [0.15, 0.2) is 48.5 Å². The Hall–Kier alpha value is -2.87. The summed E-state index contributed by atoms with van der Waals surface area (Å²) in [6.45, 7) is 1.56. The second-order valence-corrected chi connectivity index (χ2v) is 4.40. The van der Waals surface area contributed by atoms with Crippen LogP contribution in [0.4, 0.5) is 10.1 Å². The highest BCUT2D eigenvalue weighted by Crippen LogP contribution is 2.15. The summed E-state index contributed by atoms with van der Waals surface area (Å²) in [5.41, 5.74) is 0.959. The van der Waals surface area contributed by atoms with Gasteiger partial charge in [0.25, 0.3) is 5.91 Å². The number of nitrogens with zero attached hydrogens (tertiary/aromatic N) is 1. The summed E-state index contributed by atoms with van der Waals surface area (Å²) in [4.78, 5) is 12.0. The molecular formula is C16H13FN2O2. The number of benzene rings is 2. The van der Waals surface area contributed by atoms with Crippen LogP contribution in [0.1, 0.15) is 12.5 Å². The van der Waals surface area contributed by atoms with Crippen molar-refractivity contribution in [1.82, 2.24) is 0 Å². The Kier molecular flexibility index (Phi) is 4.52. The van der Waals surface area contributed by atoms with Crippen LogP contribution in [0.2, 0.25) is 0 Å². The molecule has 0 aliphatic carbocycles. The van der Waals surface area contributed by atoms with E-state index in [9.17, 15) is 9.18 Å². The molecule has 106 valence electrons. The molecule has 1 amide bonds. The topological polar surface area (TPSA) is 62.1 Å². The van der Waals surface area contributed by atoms with Gasteiger partial charge in [-0.3, -0.25) is 4.79 Å². The summed E-state index contributed by atoms with van der Waals surface area (Å²) in [6, 6.07) is 14.1. The Morgan fingerprint density at radius 3 is 2.76 bits per heavy atom. The molecule has 0 aliphatic heterocycles. The van der Waals surface area contributed by atoms with Crippen molar-refractivity contribution < 1.29 is 13.9 Å². The molecule has 0 radical (unpaired) electrons. The van der Waals surface area contributed by atoms with Gasteiger partial charge >= 0.3 is 0 Å². The van der Waals surface area contributed by atoms with Crippen LogP contribution < -0.4 is 10.1 Å². The lowest BCUT2D eigenvalue weighted by atomic mass is 10.2. The largest absolute Gasteiger partial charge is 0.481 e. The zero-order chi connectivity index (χ0) is 15.2. The maximum Gasteiger partial charge on any atom is 0.265 e. The molecule has 0 unspecified atom stereocenters. The fraction of sp³-hybridized carbons (Fsp3) is 0.125. The minimum absolute atomic E-state index is 0.281. The van der Waals surface area contributed by atoms with E-state index in [1.54, 1.807) is 37.3 Å². The van der Waals surface area contributed by atoms with Crippen molar-refractivity contribution in [2.45, 2.75) is 13.0 Å². The summed E-state index contributed by atoms with van der Waals surface area (Å²) in [5, 5.41) is 11.4. The third-order valence-corrected chi connectivity index (χ3v) is 2.74. The summed E-state index contributed by atoms with van der Waals surface area (Å²) in [7, 11) is 0. The van der Waals surface area contributed by atoms with Crippen LogP contribution >= 0.6 is 0 Å². The number of halogens is 1. The Balaban J connectivity index is 2.01. The Bertz CT molecular complexity index is 695. The highest BCUT2D eigenvalue weighted by atomic mass is 19.1. The summed E-state index contributed by atoms with van der Waals surface area (Å²) in [5.74, 6) is -0.528. The van der Waals surface area contributed by atoms with Gasteiger partial charge in [-0.1, -0.05) is 12.1 Å². The molecule has 0 bridgehead atoms. The van der Waals surface area contributed by atoms with Crippen LogP contribution in [-0.2, 0) is 4.79 Å². The van der Waals surface area contributed by atoms with Gasteiger partial charge in [-0.05, 0) is 37.3 Å². The van der Waals surface area contributed by atoms with E-state index in [4.69, 9.17) is 10.00 Å². The number of carbonyl (C=O) groups excluding carboxylic acids is 1. The maximum absolute atomic E-state index is 13.0. The second-order valence-electron chi connectivity index (χ2n) is 4.40. The highest BCUT2D eigenvalue weighted by molar-refractivity contribution is 5.94. The van der Waals surface area contributed by atoms with Crippen molar-refractivity contribution in [2.75, 3.05) is 5.32 Å². The molecule has 0 saturated heterocycles. The predicted molar refractivity (Wildman–Crippen MR) is 76.3 cm³/mol. The molecule has 0 aromatic heterocycles. The zero-order valence-corrected chi connectivity index (χ0v) is 11.3. The van der Waals surface area contributed by atoms with E-state index >= 15 is 0 Å². The Labute approximate surface area is 121 Å². The minimum Gasteiger partial charge on any atom is -0.481 e. The number of ether oxygens (including phenoxy) is 1. The number of nitriles is 1. The molecule has 0 fully saturated rings. The highest BCUT2D eigenvalue weighted by Gasteiger charge is 2.15. The Morgan fingerprint density at radius 1 is 1.29 bits per heavy atom. The van der Waals surface area contributed by atoms with E-state index in [1.807, 2.05) is 6.07 Å². The van der Waals surface area contributed by atoms with Crippen molar-refractivity contribution in [2.24, 2.45) is 0 Å². The molecule has 2 aromatic rings. The first-order valence-electron chi connectivity index (χ1n) is 6.32. The van der Waals surface area contributed by atoms with Crippen LogP contribution in [0, 0.1) is 17.1 Å². The predicted octanol–water partition coefficient (Wildman–Crippen LogP) is 3.10. The standard InChI is InChI=1S/C16H13FN2O2/c1-11(21-15-7-3-5-13(17)9-15)16(20)19-14-6-2-4-12(8-14)10-18/h2-9,11H,1H3,(H,19,20)/t11-/m1/s1. The molecule has 0 saturated carbocycles. The van der Waals surface area contributed by atoms with Crippen LogP contribution in [0.3, 0.4) is 0 Å². The zero-order valence-electron chi connectivity index (χ0n) is 11.3. The first-order chi connectivity index (χ1) is 10.1. The summed E-state index contributed by atoms with van der Waals surface area (Å²) >= 11 is 0. The van der Waals surface area contributed by atoms with Crippen LogP contribution in [-0.4, -0.2) is 12.0 Å². The SMILES string of the molecule is C[C@@H](Oc1cccc(F)c1)C(=O)Nc1cccc(C#N)c1. The maximum atomic E-state index is 13.0. The molecule has 0 spiro atoms. The molecule has 1 N–H and O–H groups in total. The molecule has 2 rings (SSSR count). The van der Waals surface area contributed by atoms with E-state index in [2.05, 4.69) is 5.32 Å². The van der Waals surface area contributed by atoms with Gasteiger partial charge in [-0.25, -0.2) is 4.39 Å². The second kappa shape index (κ2) is 6.53. The van der Waals surface area contributed by atoms with Crippen molar-refractivity contribution in [3.63, 3.8) is 0 Å². The number of hydrogen-bond acceptors (Lipinski definition) is 3. The average Bonchev–Trinajstić information content (AvgIpc) is 2.47. The lowest BCUT2D eigenvalue weighted by Crippen LogP contribution is -2.30. The van der Waals surface area contributed by atoms with Crippen LogP contribution in [0.5, 0.6) is 5.75 Å². The van der Waals surface area contributed by atoms with Gasteiger partial charge in [0.15, 0.2) is 6.10 Å². The number of nitrogens with one attached hydrogen (secondary N) is 1. The van der Waals surface area contributed by atoms with E-state index < -0.39 is 11.9 Å². The first kappa shape index (κ1) is 14.5. The number of carbonyl (C=O) groups is 1. The molecule has 4 nitrogen and oxygen atoms in total. The van der Waals surface area contributed by atoms with Gasteiger partial charge < -0.3 is 10.1 Å². The van der Waals surface area contributed by atoms with E-state index in [0.717, 1.165) is 0 Å². The normalized spacial score (nSPS) is 11.3. The van der Waals surface area contributed by atoms with E-state index in [0.29, 0.717) is 11.3 Å². The molecule has 5 heteroatoms. The molecule has 21 heavy (non-hydrogen) atoms. The van der Waals surface area contributed by atoms with Gasteiger partial charge in [0, 0.05) is 11.8 Å². The Morgan fingerprint density at radius 2 is 2.05 bits per heavy atom. The van der Waals surface area contributed by atoms with Crippen LogP contribution in [0.25, 0.3) is 0 Å². The number of rotatable bonds is 4. The molecule has 1 atom stereocenters. The quantitative estimate of drug-likeness (QED) is 0.938. The monoisotopic (exact) mass is 284 g/mol.